The van der Waals surface area contributed by atoms with E-state index in [1.807, 2.05) is 0 Å². The largest absolute Gasteiger partial charge is 0.332 e. The van der Waals surface area contributed by atoms with E-state index in [1.165, 1.54) is 131 Å². The van der Waals surface area contributed by atoms with Gasteiger partial charge < -0.3 is 9.13 Å². The zero-order chi connectivity index (χ0) is 43.4. The number of terminal acetylenes is 2. The molecule has 15 rings (SSSR count). The molecule has 304 valence electrons. The Labute approximate surface area is 380 Å². The lowest BCUT2D eigenvalue weighted by Gasteiger charge is -2.35. The number of fused-ring (bicyclic) bond motifs is 10. The van der Waals surface area contributed by atoms with Crippen LogP contribution in [0.15, 0.2) is 182 Å². The summed E-state index contributed by atoms with van der Waals surface area (Å²) < 4.78 is 4.93. The topological polar surface area (TPSA) is 9.86 Å². The fourth-order valence-corrected chi connectivity index (χ4v) is 13.2. The molecule has 0 N–H and O–H groups in total. The number of hydrogen-bond donors (Lipinski definition) is 0. The number of para-hydroxylation sites is 2. The van der Waals surface area contributed by atoms with Gasteiger partial charge in [0.2, 0.25) is 0 Å². The minimum absolute atomic E-state index is 0.169. The Hall–Kier alpha value is -8.56. The summed E-state index contributed by atoms with van der Waals surface area (Å²) in [5.74, 6) is 5.93. The van der Waals surface area contributed by atoms with Gasteiger partial charge in [0.1, 0.15) is 0 Å². The molecule has 0 saturated carbocycles. The van der Waals surface area contributed by atoms with Gasteiger partial charge >= 0.3 is 0 Å². The van der Waals surface area contributed by atoms with Gasteiger partial charge in [-0.1, -0.05) is 182 Å². The molecular weight excluding hydrogens is 797 g/mol. The molecule has 2 atom stereocenters. The minimum Gasteiger partial charge on any atom is -0.332 e. The molecule has 2 unspecified atom stereocenters. The van der Waals surface area contributed by atoms with Crippen molar-refractivity contribution in [3.05, 3.63) is 216 Å². The normalized spacial score (nSPS) is 15.1. The first-order chi connectivity index (χ1) is 32.7. The Kier molecular flexibility index (Phi) is 7.07. The average Bonchev–Trinajstić information content (AvgIpc) is 3.86. The third-order valence-electron chi connectivity index (χ3n) is 15.5. The molecular formula is C64H38N2. The number of aromatic nitrogens is 2. The standard InChI is InChI=1S/C64H38N2/c1-3-35-65-53-29-7-5-19-51(53)61-60(50-34-32-48-42-24-12-18-38-16-10-22-40(56(38)42)44-26-14-28-46(50)58(44)48)64-62(52-20-6-8-30-54(52)66(64)36-4-2)59(63(61)65)49-33-31-47-41-23-11-17-37-15-9-21-39(55(37)41)43-25-13-27-45(49)57(43)47/h1-2,5-34,59-60H,35-36H2. The summed E-state index contributed by atoms with van der Waals surface area (Å²) in [4.78, 5) is 0. The smallest absolute Gasteiger partial charge is 0.0838 e. The number of hydrogen-bond acceptors (Lipinski definition) is 0. The molecule has 14 aromatic rings. The summed E-state index contributed by atoms with van der Waals surface area (Å²) in [6.07, 6.45) is 12.9. The van der Waals surface area contributed by atoms with Crippen LogP contribution in [-0.4, -0.2) is 9.13 Å². The van der Waals surface area contributed by atoms with Gasteiger partial charge in [-0.25, -0.2) is 0 Å². The predicted molar refractivity (Wildman–Crippen MR) is 279 cm³/mol. The van der Waals surface area contributed by atoms with Crippen molar-refractivity contribution >= 4 is 108 Å². The molecule has 66 heavy (non-hydrogen) atoms. The van der Waals surface area contributed by atoms with Crippen molar-refractivity contribution in [3.63, 3.8) is 0 Å². The van der Waals surface area contributed by atoms with Gasteiger partial charge in [-0.2, -0.15) is 0 Å². The fourth-order valence-electron chi connectivity index (χ4n) is 13.2. The number of nitrogens with zero attached hydrogens (tertiary/aromatic N) is 2. The molecule has 0 amide bonds. The molecule has 0 fully saturated rings. The minimum atomic E-state index is -0.169. The van der Waals surface area contributed by atoms with Crippen LogP contribution in [0.2, 0.25) is 0 Å². The van der Waals surface area contributed by atoms with Crippen LogP contribution in [0.4, 0.5) is 0 Å². The summed E-state index contributed by atoms with van der Waals surface area (Å²) in [6, 6.07) is 68.4. The van der Waals surface area contributed by atoms with Gasteiger partial charge in [0.05, 0.1) is 24.9 Å². The summed E-state index contributed by atoms with van der Waals surface area (Å²) in [6.45, 7) is 0.886. The van der Waals surface area contributed by atoms with E-state index < -0.39 is 0 Å². The maximum absolute atomic E-state index is 6.44. The van der Waals surface area contributed by atoms with Crippen LogP contribution in [0.5, 0.6) is 0 Å². The Morgan fingerprint density at radius 3 is 1.03 bits per heavy atom. The highest BCUT2D eigenvalue weighted by atomic mass is 15.0. The molecule has 0 bridgehead atoms. The van der Waals surface area contributed by atoms with Crippen LogP contribution in [0, 0.1) is 24.7 Å². The highest BCUT2D eigenvalue weighted by Crippen LogP contribution is 2.58. The van der Waals surface area contributed by atoms with Crippen LogP contribution < -0.4 is 0 Å². The highest BCUT2D eigenvalue weighted by molar-refractivity contribution is 6.34. The SMILES string of the molecule is C#CCn1c2c(c3ccccc31)C(c1ccc3c4cccc5cccc(c6cccc1c63)c54)c1c(c3ccccc3n1CC#C)C2c1ccc2c3cccc4cccc(c5cccc1c52)c43. The van der Waals surface area contributed by atoms with Gasteiger partial charge in [0, 0.05) is 33.2 Å². The van der Waals surface area contributed by atoms with Crippen molar-refractivity contribution in [2.75, 3.05) is 0 Å². The maximum Gasteiger partial charge on any atom is 0.0838 e. The van der Waals surface area contributed by atoms with E-state index in [9.17, 15) is 0 Å². The van der Waals surface area contributed by atoms with Crippen LogP contribution in [-0.2, 0) is 13.1 Å². The Bertz CT molecular complexity index is 4110. The summed E-state index contributed by atoms with van der Waals surface area (Å²) in [7, 11) is 0. The molecule has 0 radical (unpaired) electrons. The van der Waals surface area contributed by atoms with E-state index in [1.54, 1.807) is 0 Å². The molecule has 2 heterocycles. The van der Waals surface area contributed by atoms with Gasteiger partial charge in [0.15, 0.2) is 0 Å². The molecule has 0 spiro atoms. The molecule has 0 saturated heterocycles. The van der Waals surface area contributed by atoms with Crippen molar-refractivity contribution < 1.29 is 0 Å². The van der Waals surface area contributed by atoms with E-state index in [2.05, 4.69) is 203 Å². The van der Waals surface area contributed by atoms with Gasteiger partial charge in [-0.15, -0.1) is 12.8 Å². The maximum atomic E-state index is 6.44. The molecule has 1 aliphatic carbocycles. The van der Waals surface area contributed by atoms with E-state index in [-0.39, 0.29) is 11.8 Å². The number of benzene rings is 12. The lowest BCUT2D eigenvalue weighted by atomic mass is 9.70. The molecule has 2 nitrogen and oxygen atoms in total. The summed E-state index contributed by atoms with van der Waals surface area (Å²) in [5.41, 5.74) is 9.96. The molecule has 12 aromatic carbocycles. The first kappa shape index (κ1) is 35.9. The third-order valence-corrected chi connectivity index (χ3v) is 15.5. The van der Waals surface area contributed by atoms with Crippen LogP contribution in [0.1, 0.15) is 45.5 Å². The first-order valence-corrected chi connectivity index (χ1v) is 23.0. The highest BCUT2D eigenvalue weighted by Gasteiger charge is 2.43. The summed E-state index contributed by atoms with van der Waals surface area (Å²) in [5, 5.41) is 23.0. The van der Waals surface area contributed by atoms with E-state index in [0.29, 0.717) is 13.1 Å². The van der Waals surface area contributed by atoms with Gasteiger partial charge in [-0.05, 0) is 121 Å². The zero-order valence-corrected chi connectivity index (χ0v) is 35.9. The van der Waals surface area contributed by atoms with Crippen LogP contribution in [0.3, 0.4) is 0 Å². The second-order valence-electron chi connectivity index (χ2n) is 18.4. The van der Waals surface area contributed by atoms with E-state index >= 15 is 0 Å². The van der Waals surface area contributed by atoms with Crippen molar-refractivity contribution in [2.24, 2.45) is 0 Å². The molecule has 0 aliphatic heterocycles. The van der Waals surface area contributed by atoms with Crippen molar-refractivity contribution in [3.8, 4) is 24.7 Å². The summed E-state index contributed by atoms with van der Waals surface area (Å²) >= 11 is 0. The molecule has 1 aliphatic rings. The third kappa shape index (κ3) is 4.39. The Morgan fingerprint density at radius 1 is 0.318 bits per heavy atom. The average molecular weight is 835 g/mol. The predicted octanol–water partition coefficient (Wildman–Crippen LogP) is 15.6. The Balaban J connectivity index is 1.13. The molecule has 2 heteroatoms. The van der Waals surface area contributed by atoms with Crippen LogP contribution in [0.25, 0.3) is 108 Å². The lowest BCUT2D eigenvalue weighted by molar-refractivity contribution is 0.691. The Morgan fingerprint density at radius 2 is 0.636 bits per heavy atom. The van der Waals surface area contributed by atoms with Crippen molar-refractivity contribution in [1.82, 2.24) is 9.13 Å². The fraction of sp³-hybridized carbons (Fsp3) is 0.0625. The second kappa shape index (κ2) is 13.0. The first-order valence-electron chi connectivity index (χ1n) is 23.0. The zero-order valence-electron chi connectivity index (χ0n) is 35.9. The lowest BCUT2D eigenvalue weighted by Crippen LogP contribution is -2.24. The second-order valence-corrected chi connectivity index (χ2v) is 18.4. The molecule has 2 aromatic heterocycles. The van der Waals surface area contributed by atoms with Gasteiger partial charge in [0.25, 0.3) is 0 Å². The monoisotopic (exact) mass is 834 g/mol. The van der Waals surface area contributed by atoms with Crippen LogP contribution >= 0.6 is 0 Å². The van der Waals surface area contributed by atoms with Crippen molar-refractivity contribution in [2.45, 2.75) is 24.9 Å². The number of rotatable bonds is 4. The van der Waals surface area contributed by atoms with Crippen molar-refractivity contribution in [1.29, 1.82) is 0 Å². The van der Waals surface area contributed by atoms with E-state index in [4.69, 9.17) is 12.8 Å². The quantitative estimate of drug-likeness (QED) is 0.0950. The van der Waals surface area contributed by atoms with Gasteiger partial charge in [-0.3, -0.25) is 0 Å². The van der Waals surface area contributed by atoms with E-state index in [0.717, 1.165) is 11.0 Å².